The molecule has 0 radical (unpaired) electrons. The topological polar surface area (TPSA) is 59.5 Å². The van der Waals surface area contributed by atoms with E-state index >= 15 is 0 Å². The van der Waals surface area contributed by atoms with Crippen molar-refractivity contribution in [2.75, 3.05) is 17.6 Å². The van der Waals surface area contributed by atoms with E-state index in [1.807, 2.05) is 6.92 Å². The molecular formula is C14H12ClN3OS. The maximum atomic E-state index is 12.4. The first-order valence-electron chi connectivity index (χ1n) is 5.92. The quantitative estimate of drug-likeness (QED) is 0.657. The molecule has 0 aliphatic rings. The minimum absolute atomic E-state index is 0.196. The Bertz CT molecular complexity index is 686. The Hall–Kier alpha value is -2.03. The van der Waals surface area contributed by atoms with Gasteiger partial charge in [0.2, 0.25) is 11.5 Å². The number of nitrogens with one attached hydrogen (secondary N) is 1. The lowest BCUT2D eigenvalue weighted by Crippen LogP contribution is -2.01. The van der Waals surface area contributed by atoms with E-state index in [-0.39, 0.29) is 11.5 Å². The summed E-state index contributed by atoms with van der Waals surface area (Å²) >= 11 is 7.01. The third-order valence-electron chi connectivity index (χ3n) is 2.68. The number of nitrogen functional groups attached to an aromatic ring is 1. The summed E-state index contributed by atoms with van der Waals surface area (Å²) in [5.74, 6) is -0.196. The van der Waals surface area contributed by atoms with Crippen LogP contribution in [0.4, 0.5) is 16.4 Å². The van der Waals surface area contributed by atoms with Gasteiger partial charge >= 0.3 is 0 Å². The number of benzene rings is 1. The number of carbonyl (C=O) groups excluding carboxylic acids is 1. The molecule has 1 aromatic heterocycles. The molecule has 0 saturated carbocycles. The third-order valence-corrected chi connectivity index (χ3v) is 4.08. The number of carbonyl (C=O) groups is 1. The number of hydrogen-bond donors (Lipinski definition) is 2. The number of nitrogens with zero attached hydrogens (tertiary/aromatic N) is 1. The lowest BCUT2D eigenvalue weighted by Gasteiger charge is -2.00. The van der Waals surface area contributed by atoms with Crippen molar-refractivity contribution in [3.8, 4) is 0 Å². The Labute approximate surface area is 126 Å². The highest BCUT2D eigenvalue weighted by Gasteiger charge is 2.21. The predicted molar refractivity (Wildman–Crippen MR) is 84.0 cm³/mol. The second-order valence-corrected chi connectivity index (χ2v) is 5.46. The average molecular weight is 306 g/mol. The molecule has 2 aromatic rings. The molecule has 0 unspecified atom stereocenters. The summed E-state index contributed by atoms with van der Waals surface area (Å²) in [6.07, 6.45) is 0. The minimum Gasteiger partial charge on any atom is -0.406 e. The van der Waals surface area contributed by atoms with Gasteiger partial charge in [-0.15, -0.1) is 11.3 Å². The first kappa shape index (κ1) is 14.4. The lowest BCUT2D eigenvalue weighted by molar-refractivity contribution is 0.104. The standard InChI is InChI=1S/C14H12ClN3OS/c1-3-18-14-11(17-2)10(16)13(20-14)12(19)8-4-6-9(15)7-5-8/h4-7,18H,3,16H2,1H3. The molecule has 0 fully saturated rings. The molecule has 0 spiro atoms. The van der Waals surface area contributed by atoms with Crippen molar-refractivity contribution in [3.05, 3.63) is 51.1 Å². The van der Waals surface area contributed by atoms with Crippen LogP contribution in [0, 0.1) is 6.57 Å². The zero-order chi connectivity index (χ0) is 14.7. The van der Waals surface area contributed by atoms with Gasteiger partial charge in [-0.1, -0.05) is 11.6 Å². The van der Waals surface area contributed by atoms with Gasteiger partial charge in [-0.2, -0.15) is 0 Å². The fraction of sp³-hybridized carbons (Fsp3) is 0.143. The summed E-state index contributed by atoms with van der Waals surface area (Å²) in [7, 11) is 0. The van der Waals surface area contributed by atoms with Crippen LogP contribution in [-0.2, 0) is 0 Å². The van der Waals surface area contributed by atoms with E-state index in [2.05, 4.69) is 10.2 Å². The molecular weight excluding hydrogens is 294 g/mol. The largest absolute Gasteiger partial charge is 0.406 e. The van der Waals surface area contributed by atoms with Crippen molar-refractivity contribution in [2.24, 2.45) is 0 Å². The Balaban J connectivity index is 2.45. The summed E-state index contributed by atoms with van der Waals surface area (Å²) in [4.78, 5) is 16.2. The van der Waals surface area contributed by atoms with Gasteiger partial charge in [-0.05, 0) is 31.2 Å². The van der Waals surface area contributed by atoms with E-state index in [9.17, 15) is 4.79 Å². The normalized spacial score (nSPS) is 10.1. The molecule has 0 aliphatic carbocycles. The fourth-order valence-corrected chi connectivity index (χ4v) is 2.94. The summed E-state index contributed by atoms with van der Waals surface area (Å²) in [5.41, 5.74) is 6.98. The Morgan fingerprint density at radius 2 is 2.10 bits per heavy atom. The lowest BCUT2D eigenvalue weighted by atomic mass is 10.1. The fourth-order valence-electron chi connectivity index (χ4n) is 1.73. The Morgan fingerprint density at radius 3 is 2.65 bits per heavy atom. The summed E-state index contributed by atoms with van der Waals surface area (Å²) in [5, 5.41) is 4.26. The van der Waals surface area contributed by atoms with E-state index in [0.717, 1.165) is 0 Å². The maximum Gasteiger partial charge on any atom is 0.243 e. The van der Waals surface area contributed by atoms with Crippen molar-refractivity contribution >= 4 is 45.1 Å². The summed E-state index contributed by atoms with van der Waals surface area (Å²) in [6, 6.07) is 6.60. The number of thiophene rings is 1. The molecule has 0 amide bonds. The van der Waals surface area contributed by atoms with Crippen molar-refractivity contribution < 1.29 is 4.79 Å². The van der Waals surface area contributed by atoms with Crippen LogP contribution in [0.5, 0.6) is 0 Å². The van der Waals surface area contributed by atoms with Gasteiger partial charge in [-0.3, -0.25) is 4.79 Å². The van der Waals surface area contributed by atoms with Crippen LogP contribution in [0.15, 0.2) is 24.3 Å². The van der Waals surface area contributed by atoms with Gasteiger partial charge in [0, 0.05) is 17.1 Å². The smallest absolute Gasteiger partial charge is 0.243 e. The van der Waals surface area contributed by atoms with E-state index in [1.54, 1.807) is 24.3 Å². The van der Waals surface area contributed by atoms with E-state index < -0.39 is 0 Å². The molecule has 6 heteroatoms. The van der Waals surface area contributed by atoms with Gasteiger partial charge in [0.15, 0.2) is 0 Å². The molecule has 1 aromatic carbocycles. The molecule has 102 valence electrons. The number of ketones is 1. The molecule has 20 heavy (non-hydrogen) atoms. The predicted octanol–water partition coefficient (Wildman–Crippen LogP) is 4.20. The summed E-state index contributed by atoms with van der Waals surface area (Å²) in [6.45, 7) is 9.76. The van der Waals surface area contributed by atoms with Gasteiger partial charge in [0.1, 0.15) is 0 Å². The monoisotopic (exact) mass is 305 g/mol. The van der Waals surface area contributed by atoms with Crippen molar-refractivity contribution in [3.63, 3.8) is 0 Å². The third kappa shape index (κ3) is 2.62. The average Bonchev–Trinajstić information content (AvgIpc) is 2.75. The highest BCUT2D eigenvalue weighted by atomic mass is 35.5. The molecule has 3 N–H and O–H groups in total. The molecule has 1 heterocycles. The molecule has 0 saturated heterocycles. The SMILES string of the molecule is [C-]#[N+]c1c(NCC)sc(C(=O)c2ccc(Cl)cc2)c1N. The van der Waals surface area contributed by atoms with E-state index in [4.69, 9.17) is 23.9 Å². The van der Waals surface area contributed by atoms with Crippen LogP contribution >= 0.6 is 22.9 Å². The Morgan fingerprint density at radius 1 is 1.45 bits per heavy atom. The van der Waals surface area contributed by atoms with E-state index in [1.165, 1.54) is 11.3 Å². The first-order valence-corrected chi connectivity index (χ1v) is 7.11. The molecule has 2 rings (SSSR count). The highest BCUT2D eigenvalue weighted by Crippen LogP contribution is 2.43. The van der Waals surface area contributed by atoms with Crippen LogP contribution in [0.25, 0.3) is 4.85 Å². The van der Waals surface area contributed by atoms with Crippen LogP contribution < -0.4 is 11.1 Å². The van der Waals surface area contributed by atoms with Crippen LogP contribution in [0.3, 0.4) is 0 Å². The number of hydrogen-bond acceptors (Lipinski definition) is 4. The zero-order valence-electron chi connectivity index (χ0n) is 10.7. The number of anilines is 2. The van der Waals surface area contributed by atoms with Gasteiger partial charge in [-0.25, -0.2) is 4.85 Å². The molecule has 0 atom stereocenters. The van der Waals surface area contributed by atoms with Crippen molar-refractivity contribution in [1.29, 1.82) is 0 Å². The Kier molecular flexibility index (Phi) is 4.28. The van der Waals surface area contributed by atoms with Crippen LogP contribution in [0.1, 0.15) is 22.2 Å². The second kappa shape index (κ2) is 5.95. The first-order chi connectivity index (χ1) is 9.58. The molecule has 0 bridgehead atoms. The minimum atomic E-state index is -0.196. The van der Waals surface area contributed by atoms with Crippen molar-refractivity contribution in [2.45, 2.75) is 6.92 Å². The van der Waals surface area contributed by atoms with E-state index in [0.29, 0.717) is 32.7 Å². The van der Waals surface area contributed by atoms with Crippen molar-refractivity contribution in [1.82, 2.24) is 0 Å². The molecule has 0 aliphatic heterocycles. The van der Waals surface area contributed by atoms with Crippen LogP contribution in [-0.4, -0.2) is 12.3 Å². The number of nitrogens with two attached hydrogens (primary N) is 1. The van der Waals surface area contributed by atoms with Gasteiger partial charge in [0.05, 0.1) is 22.1 Å². The maximum absolute atomic E-state index is 12.4. The summed E-state index contributed by atoms with van der Waals surface area (Å²) < 4.78 is 0. The number of rotatable bonds is 4. The van der Waals surface area contributed by atoms with Gasteiger partial charge in [0.25, 0.3) is 0 Å². The van der Waals surface area contributed by atoms with Gasteiger partial charge < -0.3 is 11.1 Å². The highest BCUT2D eigenvalue weighted by molar-refractivity contribution is 7.19. The molecule has 4 nitrogen and oxygen atoms in total. The number of halogens is 1. The zero-order valence-corrected chi connectivity index (χ0v) is 12.3. The second-order valence-electron chi connectivity index (χ2n) is 4.00. The van der Waals surface area contributed by atoms with Crippen LogP contribution in [0.2, 0.25) is 5.02 Å².